The van der Waals surface area contributed by atoms with Crippen LogP contribution in [0.4, 0.5) is 0 Å². The molecule has 4 nitrogen and oxygen atoms in total. The molecule has 2 heterocycles. The highest BCUT2D eigenvalue weighted by Crippen LogP contribution is 2.27. The van der Waals surface area contributed by atoms with Crippen LogP contribution in [-0.4, -0.2) is 71.4 Å². The fourth-order valence-electron chi connectivity index (χ4n) is 3.78. The summed E-state index contributed by atoms with van der Waals surface area (Å²) in [5, 5.41) is 13.4. The molecule has 3 fully saturated rings. The molecule has 0 aromatic rings. The quantitative estimate of drug-likeness (QED) is 0.767. The minimum absolute atomic E-state index is 0.129. The summed E-state index contributed by atoms with van der Waals surface area (Å²) >= 11 is 0. The molecule has 2 N–H and O–H groups in total. The lowest BCUT2D eigenvalue weighted by atomic mass is 9.99. The average Bonchev–Trinajstić information content (AvgIpc) is 3.07. The van der Waals surface area contributed by atoms with Crippen molar-refractivity contribution in [1.29, 1.82) is 0 Å². The zero-order valence-electron chi connectivity index (χ0n) is 12.4. The lowest BCUT2D eigenvalue weighted by Gasteiger charge is -2.46. The summed E-state index contributed by atoms with van der Waals surface area (Å²) in [5.74, 6) is 0. The van der Waals surface area contributed by atoms with E-state index in [4.69, 9.17) is 0 Å². The SMILES string of the molecule is CC1CN2CCCC2CN1CC(C)(CO)NC1CC1. The van der Waals surface area contributed by atoms with Gasteiger partial charge in [0.25, 0.3) is 0 Å². The van der Waals surface area contributed by atoms with Gasteiger partial charge in [-0.3, -0.25) is 9.80 Å². The third-order valence-electron chi connectivity index (χ3n) is 5.10. The van der Waals surface area contributed by atoms with Gasteiger partial charge in [-0.2, -0.15) is 0 Å². The summed E-state index contributed by atoms with van der Waals surface area (Å²) in [6.45, 7) is 9.41. The molecule has 3 atom stereocenters. The van der Waals surface area contributed by atoms with E-state index >= 15 is 0 Å². The molecule has 110 valence electrons. The number of aliphatic hydroxyl groups is 1. The van der Waals surface area contributed by atoms with E-state index in [1.807, 2.05) is 0 Å². The van der Waals surface area contributed by atoms with Crippen LogP contribution in [0, 0.1) is 0 Å². The van der Waals surface area contributed by atoms with Crippen LogP contribution in [0.5, 0.6) is 0 Å². The maximum atomic E-state index is 9.77. The molecule has 1 saturated carbocycles. The molecule has 3 rings (SSSR count). The molecular formula is C15H29N3O. The zero-order valence-corrected chi connectivity index (χ0v) is 12.4. The maximum Gasteiger partial charge on any atom is 0.0623 e. The first-order valence-electron chi connectivity index (χ1n) is 7.96. The number of aliphatic hydroxyl groups excluding tert-OH is 1. The molecule has 3 aliphatic rings. The molecule has 4 heteroatoms. The summed E-state index contributed by atoms with van der Waals surface area (Å²) in [4.78, 5) is 5.25. The molecule has 0 spiro atoms. The number of hydrogen-bond acceptors (Lipinski definition) is 4. The number of nitrogens with one attached hydrogen (secondary N) is 1. The molecular weight excluding hydrogens is 238 g/mol. The van der Waals surface area contributed by atoms with Crippen molar-refractivity contribution in [3.8, 4) is 0 Å². The Morgan fingerprint density at radius 1 is 1.26 bits per heavy atom. The van der Waals surface area contributed by atoms with Crippen LogP contribution in [-0.2, 0) is 0 Å². The van der Waals surface area contributed by atoms with Crippen LogP contribution in [0.15, 0.2) is 0 Å². The van der Waals surface area contributed by atoms with E-state index in [2.05, 4.69) is 29.0 Å². The summed E-state index contributed by atoms with van der Waals surface area (Å²) in [6.07, 6.45) is 5.28. The highest BCUT2D eigenvalue weighted by Gasteiger charge is 2.39. The fourth-order valence-corrected chi connectivity index (χ4v) is 3.78. The molecule has 1 aliphatic carbocycles. The van der Waals surface area contributed by atoms with Gasteiger partial charge >= 0.3 is 0 Å². The smallest absolute Gasteiger partial charge is 0.0623 e. The van der Waals surface area contributed by atoms with Crippen molar-refractivity contribution in [2.75, 3.05) is 32.8 Å². The Bertz CT molecular complexity index is 321. The van der Waals surface area contributed by atoms with Crippen molar-refractivity contribution in [3.05, 3.63) is 0 Å². The monoisotopic (exact) mass is 267 g/mol. The van der Waals surface area contributed by atoms with Crippen LogP contribution in [0.1, 0.15) is 39.5 Å². The average molecular weight is 267 g/mol. The molecule has 2 saturated heterocycles. The Morgan fingerprint density at radius 2 is 2.05 bits per heavy atom. The van der Waals surface area contributed by atoms with E-state index in [9.17, 15) is 5.11 Å². The first-order chi connectivity index (χ1) is 9.09. The van der Waals surface area contributed by atoms with E-state index < -0.39 is 0 Å². The highest BCUT2D eigenvalue weighted by atomic mass is 16.3. The topological polar surface area (TPSA) is 38.7 Å². The van der Waals surface area contributed by atoms with Gasteiger partial charge in [0.05, 0.1) is 12.1 Å². The van der Waals surface area contributed by atoms with Gasteiger partial charge in [0, 0.05) is 37.8 Å². The van der Waals surface area contributed by atoms with Crippen molar-refractivity contribution in [2.24, 2.45) is 0 Å². The maximum absolute atomic E-state index is 9.77. The van der Waals surface area contributed by atoms with Gasteiger partial charge in [-0.25, -0.2) is 0 Å². The standard InChI is InChI=1S/C15H29N3O/c1-12-8-17-7-3-4-14(17)9-18(12)10-15(2,11-19)16-13-5-6-13/h12-14,16,19H,3-11H2,1-2H3. The number of rotatable bonds is 5. The van der Waals surface area contributed by atoms with E-state index in [0.29, 0.717) is 12.1 Å². The van der Waals surface area contributed by atoms with Crippen LogP contribution in [0.3, 0.4) is 0 Å². The molecule has 0 aromatic heterocycles. The van der Waals surface area contributed by atoms with Crippen molar-refractivity contribution in [2.45, 2.75) is 63.2 Å². The predicted octanol–water partition coefficient (Wildman–Crippen LogP) is 0.658. The highest BCUT2D eigenvalue weighted by molar-refractivity contribution is 4.98. The van der Waals surface area contributed by atoms with Crippen molar-refractivity contribution in [1.82, 2.24) is 15.1 Å². The first kappa shape index (κ1) is 13.8. The molecule has 0 amide bonds. The van der Waals surface area contributed by atoms with Gasteiger partial charge in [0.1, 0.15) is 0 Å². The van der Waals surface area contributed by atoms with E-state index in [0.717, 1.165) is 12.6 Å². The Morgan fingerprint density at radius 3 is 2.74 bits per heavy atom. The van der Waals surface area contributed by atoms with Gasteiger partial charge in [-0.05, 0) is 46.1 Å². The van der Waals surface area contributed by atoms with Crippen molar-refractivity contribution in [3.63, 3.8) is 0 Å². The summed E-state index contributed by atoms with van der Waals surface area (Å²) in [5.41, 5.74) is -0.129. The van der Waals surface area contributed by atoms with Gasteiger partial charge in [0.15, 0.2) is 0 Å². The van der Waals surface area contributed by atoms with Crippen LogP contribution in [0.2, 0.25) is 0 Å². The lowest BCUT2D eigenvalue weighted by molar-refractivity contribution is 0.0265. The molecule has 0 aromatic carbocycles. The van der Waals surface area contributed by atoms with Crippen molar-refractivity contribution < 1.29 is 5.11 Å². The van der Waals surface area contributed by atoms with E-state index in [1.54, 1.807) is 0 Å². The lowest BCUT2D eigenvalue weighted by Crippen LogP contribution is -2.62. The Hall–Kier alpha value is -0.160. The summed E-state index contributed by atoms with van der Waals surface area (Å²) in [6, 6.07) is 2.03. The Labute approximate surface area is 117 Å². The molecule has 3 unspecified atom stereocenters. The second-order valence-corrected chi connectivity index (χ2v) is 7.21. The van der Waals surface area contributed by atoms with Gasteiger partial charge in [0.2, 0.25) is 0 Å². The fraction of sp³-hybridized carbons (Fsp3) is 1.00. The minimum atomic E-state index is -0.129. The number of fused-ring (bicyclic) bond motifs is 1. The van der Waals surface area contributed by atoms with Crippen molar-refractivity contribution >= 4 is 0 Å². The number of piperazine rings is 1. The molecule has 0 bridgehead atoms. The van der Waals surface area contributed by atoms with Crippen LogP contribution in [0.25, 0.3) is 0 Å². The molecule has 0 radical (unpaired) electrons. The second kappa shape index (κ2) is 5.32. The zero-order chi connectivity index (χ0) is 13.5. The van der Waals surface area contributed by atoms with Crippen LogP contribution >= 0.6 is 0 Å². The summed E-state index contributed by atoms with van der Waals surface area (Å²) in [7, 11) is 0. The van der Waals surface area contributed by atoms with Crippen LogP contribution < -0.4 is 5.32 Å². The van der Waals surface area contributed by atoms with Gasteiger partial charge < -0.3 is 10.4 Å². The summed E-state index contributed by atoms with van der Waals surface area (Å²) < 4.78 is 0. The Kier molecular flexibility index (Phi) is 3.87. The predicted molar refractivity (Wildman–Crippen MR) is 77.3 cm³/mol. The van der Waals surface area contributed by atoms with Gasteiger partial charge in [-0.1, -0.05) is 0 Å². The number of nitrogens with zero attached hydrogens (tertiary/aromatic N) is 2. The largest absolute Gasteiger partial charge is 0.394 e. The third-order valence-corrected chi connectivity index (χ3v) is 5.10. The molecule has 2 aliphatic heterocycles. The second-order valence-electron chi connectivity index (χ2n) is 7.21. The third kappa shape index (κ3) is 3.13. The number of hydrogen-bond donors (Lipinski definition) is 2. The van der Waals surface area contributed by atoms with E-state index in [-0.39, 0.29) is 12.1 Å². The first-order valence-corrected chi connectivity index (χ1v) is 7.96. The van der Waals surface area contributed by atoms with E-state index in [1.165, 1.54) is 45.3 Å². The van der Waals surface area contributed by atoms with Gasteiger partial charge in [-0.15, -0.1) is 0 Å². The Balaban J connectivity index is 1.60. The normalized spacial score (nSPS) is 36.2. The minimum Gasteiger partial charge on any atom is -0.394 e. The molecule has 19 heavy (non-hydrogen) atoms.